The van der Waals surface area contributed by atoms with Gasteiger partial charge in [-0.15, -0.1) is 24.8 Å². The van der Waals surface area contributed by atoms with E-state index in [1.807, 2.05) is 0 Å². The molecule has 0 nitrogen and oxygen atoms in total. The number of hydrogen-bond donors (Lipinski definition) is 0. The second kappa shape index (κ2) is 7.98. The van der Waals surface area contributed by atoms with Crippen molar-refractivity contribution in [1.82, 2.24) is 0 Å². The van der Waals surface area contributed by atoms with E-state index in [2.05, 4.69) is 86.7 Å². The summed E-state index contributed by atoms with van der Waals surface area (Å²) in [6.07, 6.45) is 9.62. The third kappa shape index (κ3) is 3.26. The number of benzene rings is 2. The number of hydrogen-bond acceptors (Lipinski definition) is 0. The molecule has 3 heteroatoms. The minimum absolute atomic E-state index is 0. The molecular formula is C21H22Cl2Ti. The second-order valence-electron chi connectivity index (χ2n) is 6.39. The maximum absolute atomic E-state index is 2.47. The Kier molecular flexibility index (Phi) is 6.45. The molecular weight excluding hydrogens is 371 g/mol. The molecule has 2 unspecified atom stereocenters. The SMILES string of the molecule is C[C](C)=[Ti]([CH]1C=Cc2ccccc21)[CH]1C=Cc2ccccc21.Cl.Cl. The minimum atomic E-state index is -1.48. The van der Waals surface area contributed by atoms with E-state index in [0.717, 1.165) is 0 Å². The smallest absolute Gasteiger partial charge is 0.147 e. The Morgan fingerprint density at radius 2 is 1.12 bits per heavy atom. The van der Waals surface area contributed by atoms with Gasteiger partial charge in [-0.2, -0.15) is 0 Å². The van der Waals surface area contributed by atoms with Crippen LogP contribution >= 0.6 is 24.8 Å². The predicted octanol–water partition coefficient (Wildman–Crippen LogP) is 6.20. The molecule has 0 saturated heterocycles. The molecule has 2 aromatic carbocycles. The first kappa shape index (κ1) is 19.4. The van der Waals surface area contributed by atoms with Crippen LogP contribution in [0.1, 0.15) is 44.5 Å². The van der Waals surface area contributed by atoms with Crippen molar-refractivity contribution < 1.29 is 17.4 Å². The fourth-order valence-corrected chi connectivity index (χ4v) is 9.22. The first-order valence-electron chi connectivity index (χ1n) is 7.97. The van der Waals surface area contributed by atoms with Gasteiger partial charge in [0.1, 0.15) is 0 Å². The van der Waals surface area contributed by atoms with Gasteiger partial charge in [0.25, 0.3) is 0 Å². The zero-order valence-electron chi connectivity index (χ0n) is 13.9. The summed E-state index contributed by atoms with van der Waals surface area (Å²) in [7, 11) is 0. The maximum Gasteiger partial charge on any atom is -0.147 e. The Hall–Kier alpha value is -0.916. The Morgan fingerprint density at radius 1 is 0.708 bits per heavy atom. The Bertz CT molecular complexity index is 766. The summed E-state index contributed by atoms with van der Waals surface area (Å²) in [5.41, 5.74) is 5.95. The van der Waals surface area contributed by atoms with Crippen molar-refractivity contribution in [2.75, 3.05) is 0 Å². The molecule has 0 radical (unpaired) electrons. The van der Waals surface area contributed by atoms with Crippen molar-refractivity contribution in [2.45, 2.75) is 22.3 Å². The molecule has 2 aliphatic carbocycles. The molecule has 0 aliphatic heterocycles. The third-order valence-corrected chi connectivity index (χ3v) is 10.3. The topological polar surface area (TPSA) is 0 Å². The Morgan fingerprint density at radius 3 is 1.54 bits per heavy atom. The van der Waals surface area contributed by atoms with E-state index >= 15 is 0 Å². The standard InChI is InChI=1S/2C9H7.C3H6.2ClH.Ti/c2*1-2-5-9-7-3-6-8(9)4-1;1-3-2;;;/h2*1-7H;1-2H3;2*1H;. The molecule has 4 rings (SSSR count). The van der Waals surface area contributed by atoms with Gasteiger partial charge in [0, 0.05) is 0 Å². The molecule has 24 heavy (non-hydrogen) atoms. The molecule has 2 aliphatic rings. The van der Waals surface area contributed by atoms with Gasteiger partial charge >= 0.3 is 139 Å². The van der Waals surface area contributed by atoms with Crippen molar-refractivity contribution in [1.29, 1.82) is 0 Å². The average molecular weight is 393 g/mol. The minimum Gasteiger partial charge on any atom is -0.147 e. The molecule has 0 N–H and O–H groups in total. The number of fused-ring (bicyclic) bond motifs is 2. The van der Waals surface area contributed by atoms with Gasteiger partial charge in [-0.1, -0.05) is 0 Å². The van der Waals surface area contributed by atoms with Crippen molar-refractivity contribution >= 4 is 40.8 Å². The largest absolute Gasteiger partial charge is 0.147 e. The first-order valence-corrected chi connectivity index (χ1v) is 10.6. The fraction of sp³-hybridized carbons (Fsp3) is 0.190. The summed E-state index contributed by atoms with van der Waals surface area (Å²) in [4.78, 5) is 0. The van der Waals surface area contributed by atoms with E-state index in [1.54, 1.807) is 14.9 Å². The Balaban J connectivity index is 0.00000104. The van der Waals surface area contributed by atoms with Gasteiger partial charge < -0.3 is 0 Å². The van der Waals surface area contributed by atoms with Crippen LogP contribution in [0.25, 0.3) is 12.2 Å². The Labute approximate surface area is 162 Å². The average Bonchev–Trinajstić information content (AvgIpc) is 3.13. The summed E-state index contributed by atoms with van der Waals surface area (Å²) in [5.74, 6) is 0. The molecule has 0 heterocycles. The fourth-order valence-electron chi connectivity index (χ4n) is 3.86. The van der Waals surface area contributed by atoms with Crippen molar-refractivity contribution in [3.63, 3.8) is 0 Å². The third-order valence-electron chi connectivity index (χ3n) is 4.85. The monoisotopic (exact) mass is 392 g/mol. The van der Waals surface area contributed by atoms with E-state index in [9.17, 15) is 0 Å². The van der Waals surface area contributed by atoms with Crippen LogP contribution in [0.2, 0.25) is 0 Å². The van der Waals surface area contributed by atoms with E-state index in [4.69, 9.17) is 0 Å². The van der Waals surface area contributed by atoms with Gasteiger partial charge in [-0.05, 0) is 0 Å². The van der Waals surface area contributed by atoms with Crippen molar-refractivity contribution in [2.24, 2.45) is 0 Å². The summed E-state index contributed by atoms with van der Waals surface area (Å²) < 4.78 is 2.99. The van der Waals surface area contributed by atoms with Crippen LogP contribution in [0.3, 0.4) is 0 Å². The number of halogens is 2. The molecule has 0 fully saturated rings. The van der Waals surface area contributed by atoms with Crippen LogP contribution in [0.4, 0.5) is 0 Å². The molecule has 0 spiro atoms. The maximum atomic E-state index is 2.47. The van der Waals surface area contributed by atoms with Crippen molar-refractivity contribution in [3.05, 3.63) is 82.9 Å². The van der Waals surface area contributed by atoms with Crippen LogP contribution in [0.15, 0.2) is 60.7 Å². The van der Waals surface area contributed by atoms with Gasteiger partial charge in [0.05, 0.1) is 0 Å². The number of rotatable bonds is 2. The molecule has 2 atom stereocenters. The van der Waals surface area contributed by atoms with E-state index in [0.29, 0.717) is 8.45 Å². The van der Waals surface area contributed by atoms with E-state index in [-0.39, 0.29) is 24.8 Å². The zero-order valence-corrected chi connectivity index (χ0v) is 17.1. The quantitative estimate of drug-likeness (QED) is 0.534. The summed E-state index contributed by atoms with van der Waals surface area (Å²) in [5, 5.41) is 0. The number of allylic oxidation sites excluding steroid dienone is 2. The molecule has 0 bridgehead atoms. The van der Waals surface area contributed by atoms with Crippen LogP contribution < -0.4 is 0 Å². The van der Waals surface area contributed by atoms with E-state index in [1.165, 1.54) is 11.1 Å². The predicted molar refractivity (Wildman–Crippen MR) is 107 cm³/mol. The second-order valence-corrected chi connectivity index (χ2v) is 11.3. The van der Waals surface area contributed by atoms with Crippen molar-refractivity contribution in [3.8, 4) is 0 Å². The normalized spacial score (nSPS) is 19.1. The van der Waals surface area contributed by atoms with Crippen LogP contribution in [0, 0.1) is 0 Å². The van der Waals surface area contributed by atoms with Gasteiger partial charge in [0.2, 0.25) is 0 Å². The summed E-state index contributed by atoms with van der Waals surface area (Å²) in [6.45, 7) is 4.72. The summed E-state index contributed by atoms with van der Waals surface area (Å²) in [6, 6.07) is 17.9. The molecule has 124 valence electrons. The molecule has 0 saturated carbocycles. The summed E-state index contributed by atoms with van der Waals surface area (Å²) >= 11 is -1.48. The molecule has 2 aromatic rings. The molecule has 0 amide bonds. The zero-order chi connectivity index (χ0) is 15.1. The van der Waals surface area contributed by atoms with E-state index < -0.39 is 17.4 Å². The van der Waals surface area contributed by atoms with Crippen LogP contribution in [0.5, 0.6) is 0 Å². The molecule has 0 aromatic heterocycles. The first-order chi connectivity index (χ1) is 10.8. The van der Waals surface area contributed by atoms with Gasteiger partial charge in [0.15, 0.2) is 0 Å². The van der Waals surface area contributed by atoms with Crippen LogP contribution in [-0.2, 0) is 17.4 Å². The van der Waals surface area contributed by atoms with Gasteiger partial charge in [-0.3, -0.25) is 0 Å². The van der Waals surface area contributed by atoms with Crippen LogP contribution in [-0.4, -0.2) is 3.81 Å². The van der Waals surface area contributed by atoms with Gasteiger partial charge in [-0.25, -0.2) is 0 Å².